The number of likely N-dealkylation sites (N-methyl/N-ethyl adjacent to an activating group) is 1. The first-order valence-electron chi connectivity index (χ1n) is 6.85. The second-order valence-corrected chi connectivity index (χ2v) is 6.53. The van der Waals surface area contributed by atoms with Gasteiger partial charge < -0.3 is 9.64 Å². The van der Waals surface area contributed by atoms with Gasteiger partial charge in [0.15, 0.2) is 12.3 Å². The van der Waals surface area contributed by atoms with Crippen molar-refractivity contribution >= 4 is 51.0 Å². The standard InChI is InChI=1S/C16H13BrCl2N2O3/c1-21(8-10-4-2-3-5-11(10)17)14(22)9-24-16(23)15-12(18)6-7-13(19)20-15/h2-7H,8-9H2,1H3. The molecule has 0 saturated heterocycles. The fourth-order valence-corrected chi connectivity index (χ4v) is 2.58. The molecule has 126 valence electrons. The molecule has 1 amide bonds. The van der Waals surface area contributed by atoms with E-state index in [1.807, 2.05) is 24.3 Å². The Morgan fingerprint density at radius 1 is 1.21 bits per heavy atom. The zero-order chi connectivity index (χ0) is 17.7. The molecule has 0 unspecified atom stereocenters. The van der Waals surface area contributed by atoms with Gasteiger partial charge in [-0.2, -0.15) is 0 Å². The maximum atomic E-state index is 12.1. The van der Waals surface area contributed by atoms with Gasteiger partial charge in [-0.15, -0.1) is 0 Å². The van der Waals surface area contributed by atoms with Crippen molar-refractivity contribution < 1.29 is 14.3 Å². The van der Waals surface area contributed by atoms with Gasteiger partial charge in [0.25, 0.3) is 5.91 Å². The van der Waals surface area contributed by atoms with Crippen molar-refractivity contribution in [3.63, 3.8) is 0 Å². The number of rotatable bonds is 5. The highest BCUT2D eigenvalue weighted by Crippen LogP contribution is 2.19. The van der Waals surface area contributed by atoms with E-state index in [0.717, 1.165) is 10.0 Å². The van der Waals surface area contributed by atoms with Gasteiger partial charge in [-0.3, -0.25) is 4.79 Å². The summed E-state index contributed by atoms with van der Waals surface area (Å²) < 4.78 is 5.87. The average Bonchev–Trinajstić information content (AvgIpc) is 2.56. The minimum absolute atomic E-state index is 0.110. The molecule has 1 aromatic carbocycles. The summed E-state index contributed by atoms with van der Waals surface area (Å²) in [6.45, 7) is -0.0295. The number of esters is 1. The lowest BCUT2D eigenvalue weighted by Gasteiger charge is -2.18. The summed E-state index contributed by atoms with van der Waals surface area (Å²) in [5.41, 5.74) is 0.824. The maximum absolute atomic E-state index is 12.1. The highest BCUT2D eigenvalue weighted by atomic mass is 79.9. The third-order valence-corrected chi connectivity index (χ3v) is 4.41. The smallest absolute Gasteiger partial charge is 0.359 e. The van der Waals surface area contributed by atoms with Gasteiger partial charge in [0.2, 0.25) is 0 Å². The Hall–Kier alpha value is -1.63. The van der Waals surface area contributed by atoms with Gasteiger partial charge >= 0.3 is 5.97 Å². The fourth-order valence-electron chi connectivity index (χ4n) is 1.84. The Kier molecular flexibility index (Phi) is 6.60. The predicted octanol–water partition coefficient (Wildman–Crippen LogP) is 3.97. The molecule has 1 heterocycles. The van der Waals surface area contributed by atoms with E-state index in [4.69, 9.17) is 27.9 Å². The van der Waals surface area contributed by atoms with Crippen LogP contribution in [0.5, 0.6) is 0 Å². The summed E-state index contributed by atoms with van der Waals surface area (Å²) in [6, 6.07) is 10.5. The number of amides is 1. The Labute approximate surface area is 157 Å². The number of halogens is 3. The Morgan fingerprint density at radius 3 is 2.62 bits per heavy atom. The molecule has 0 aliphatic rings. The van der Waals surface area contributed by atoms with Crippen molar-refractivity contribution in [2.75, 3.05) is 13.7 Å². The van der Waals surface area contributed by atoms with Crippen molar-refractivity contribution in [3.05, 3.63) is 62.3 Å². The first-order chi connectivity index (χ1) is 11.4. The quantitative estimate of drug-likeness (QED) is 0.530. The van der Waals surface area contributed by atoms with Crippen LogP contribution in [0.15, 0.2) is 40.9 Å². The molecule has 0 atom stereocenters. The Bertz CT molecular complexity index is 771. The molecule has 0 fully saturated rings. The number of hydrogen-bond donors (Lipinski definition) is 0. The van der Waals surface area contributed by atoms with Gasteiger partial charge in [0, 0.05) is 18.1 Å². The summed E-state index contributed by atoms with van der Waals surface area (Å²) in [4.78, 5) is 29.3. The molecule has 0 radical (unpaired) electrons. The van der Waals surface area contributed by atoms with E-state index in [1.54, 1.807) is 7.05 Å². The summed E-state index contributed by atoms with van der Waals surface area (Å²) >= 11 is 15.0. The Morgan fingerprint density at radius 2 is 1.92 bits per heavy atom. The molecule has 1 aromatic heterocycles. The molecular weight excluding hydrogens is 419 g/mol. The van der Waals surface area contributed by atoms with Crippen molar-refractivity contribution in [1.29, 1.82) is 0 Å². The summed E-state index contributed by atoms with van der Waals surface area (Å²) in [6.07, 6.45) is 0. The van der Waals surface area contributed by atoms with Crippen LogP contribution in [0.2, 0.25) is 10.2 Å². The normalized spacial score (nSPS) is 10.3. The first kappa shape index (κ1) is 18.7. The van der Waals surface area contributed by atoms with E-state index in [9.17, 15) is 9.59 Å². The first-order valence-corrected chi connectivity index (χ1v) is 8.40. The predicted molar refractivity (Wildman–Crippen MR) is 95.2 cm³/mol. The van der Waals surface area contributed by atoms with Crippen molar-refractivity contribution in [2.45, 2.75) is 6.54 Å². The number of hydrogen-bond acceptors (Lipinski definition) is 4. The number of carbonyl (C=O) groups excluding carboxylic acids is 2. The molecule has 8 heteroatoms. The summed E-state index contributed by atoms with van der Waals surface area (Å²) in [5, 5.41) is 0.224. The van der Waals surface area contributed by atoms with Crippen LogP contribution in [0.1, 0.15) is 16.1 Å². The zero-order valence-electron chi connectivity index (χ0n) is 12.6. The second kappa shape index (κ2) is 8.46. The minimum Gasteiger partial charge on any atom is -0.451 e. The highest BCUT2D eigenvalue weighted by Gasteiger charge is 2.18. The van der Waals surface area contributed by atoms with E-state index in [1.165, 1.54) is 17.0 Å². The van der Waals surface area contributed by atoms with Crippen LogP contribution in [-0.4, -0.2) is 35.4 Å². The molecule has 0 aliphatic heterocycles. The topological polar surface area (TPSA) is 59.5 Å². The molecule has 5 nitrogen and oxygen atoms in total. The number of aromatic nitrogens is 1. The number of pyridine rings is 1. The molecule has 0 spiro atoms. The number of benzene rings is 1. The number of nitrogens with zero attached hydrogens (tertiary/aromatic N) is 2. The summed E-state index contributed by atoms with van der Waals surface area (Å²) in [7, 11) is 1.63. The summed E-state index contributed by atoms with van der Waals surface area (Å²) in [5.74, 6) is -1.15. The molecular formula is C16H13BrCl2N2O3. The van der Waals surface area contributed by atoms with Crippen molar-refractivity contribution in [2.24, 2.45) is 0 Å². The van der Waals surface area contributed by atoms with Gasteiger partial charge in [0.1, 0.15) is 5.15 Å². The molecule has 0 saturated carbocycles. The molecule has 0 aliphatic carbocycles. The van der Waals surface area contributed by atoms with E-state index in [2.05, 4.69) is 20.9 Å². The monoisotopic (exact) mass is 430 g/mol. The van der Waals surface area contributed by atoms with Gasteiger partial charge in [-0.25, -0.2) is 9.78 Å². The van der Waals surface area contributed by atoms with Crippen molar-refractivity contribution in [3.8, 4) is 0 Å². The van der Waals surface area contributed by atoms with Crippen LogP contribution < -0.4 is 0 Å². The van der Waals surface area contributed by atoms with E-state index in [-0.39, 0.29) is 21.8 Å². The van der Waals surface area contributed by atoms with Crippen LogP contribution in [0, 0.1) is 0 Å². The second-order valence-electron chi connectivity index (χ2n) is 4.88. The number of carbonyl (C=O) groups is 2. The minimum atomic E-state index is -0.801. The van der Waals surface area contributed by atoms with Crippen molar-refractivity contribution in [1.82, 2.24) is 9.88 Å². The molecule has 0 bridgehead atoms. The maximum Gasteiger partial charge on any atom is 0.359 e. The van der Waals surface area contributed by atoms with Crippen LogP contribution >= 0.6 is 39.1 Å². The molecule has 2 aromatic rings. The van der Waals surface area contributed by atoms with E-state index in [0.29, 0.717) is 6.54 Å². The van der Waals surface area contributed by atoms with Gasteiger partial charge in [0.05, 0.1) is 5.02 Å². The lowest BCUT2D eigenvalue weighted by molar-refractivity contribution is -0.133. The molecule has 24 heavy (non-hydrogen) atoms. The fraction of sp³-hybridized carbons (Fsp3) is 0.188. The highest BCUT2D eigenvalue weighted by molar-refractivity contribution is 9.10. The average molecular weight is 432 g/mol. The van der Waals surface area contributed by atoms with Crippen LogP contribution in [0.4, 0.5) is 0 Å². The largest absolute Gasteiger partial charge is 0.451 e. The SMILES string of the molecule is CN(Cc1ccccc1Br)C(=O)COC(=O)c1nc(Cl)ccc1Cl. The van der Waals surface area contributed by atoms with E-state index < -0.39 is 12.6 Å². The van der Waals surface area contributed by atoms with E-state index >= 15 is 0 Å². The lowest BCUT2D eigenvalue weighted by Crippen LogP contribution is -2.31. The lowest BCUT2D eigenvalue weighted by atomic mass is 10.2. The molecule has 2 rings (SSSR count). The van der Waals surface area contributed by atoms with Crippen LogP contribution in [0.25, 0.3) is 0 Å². The number of ether oxygens (including phenoxy) is 1. The third-order valence-electron chi connectivity index (χ3n) is 3.12. The van der Waals surface area contributed by atoms with Crippen LogP contribution in [-0.2, 0) is 16.1 Å². The third kappa shape index (κ3) is 4.93. The van der Waals surface area contributed by atoms with Gasteiger partial charge in [-0.05, 0) is 23.8 Å². The zero-order valence-corrected chi connectivity index (χ0v) is 15.7. The van der Waals surface area contributed by atoms with Gasteiger partial charge in [-0.1, -0.05) is 57.3 Å². The van der Waals surface area contributed by atoms with Crippen LogP contribution in [0.3, 0.4) is 0 Å². The molecule has 0 N–H and O–H groups in total. The Balaban J connectivity index is 1.93.